The minimum Gasteiger partial charge on any atom is -0.333 e. The zero-order chi connectivity index (χ0) is 38.8. The van der Waals surface area contributed by atoms with Gasteiger partial charge in [0.1, 0.15) is 0 Å². The van der Waals surface area contributed by atoms with Crippen LogP contribution in [0, 0.1) is 12.1 Å². The molecule has 4 nitrogen and oxygen atoms in total. The maximum Gasteiger partial charge on any atom is 0.0774 e. The van der Waals surface area contributed by atoms with Crippen LogP contribution in [0.15, 0.2) is 152 Å². The molecular formula is C52H46IrN4-2. The van der Waals surface area contributed by atoms with Gasteiger partial charge in [0.25, 0.3) is 0 Å². The van der Waals surface area contributed by atoms with Crippen molar-refractivity contribution in [3.8, 4) is 39.5 Å². The van der Waals surface area contributed by atoms with Crippen LogP contribution in [-0.2, 0) is 20.1 Å². The average molecular weight is 919 g/mol. The van der Waals surface area contributed by atoms with Crippen LogP contribution in [0.5, 0.6) is 0 Å². The van der Waals surface area contributed by atoms with Crippen LogP contribution in [0.3, 0.4) is 0 Å². The van der Waals surface area contributed by atoms with E-state index >= 15 is 0 Å². The molecule has 57 heavy (non-hydrogen) atoms. The Morgan fingerprint density at radius 3 is 1.86 bits per heavy atom. The molecule has 0 saturated heterocycles. The van der Waals surface area contributed by atoms with Crippen molar-refractivity contribution < 1.29 is 20.1 Å². The molecule has 0 unspecified atom stereocenters. The zero-order valence-electron chi connectivity index (χ0n) is 33.3. The molecule has 0 amide bonds. The van der Waals surface area contributed by atoms with Crippen molar-refractivity contribution in [2.45, 2.75) is 59.3 Å². The van der Waals surface area contributed by atoms with Crippen LogP contribution in [0.1, 0.15) is 76.1 Å². The maximum absolute atomic E-state index is 5.30. The number of imidazole rings is 1. The number of nitrogens with zero attached hydrogens (tertiary/aromatic N) is 4. The Labute approximate surface area is 350 Å². The van der Waals surface area contributed by atoms with E-state index < -0.39 is 0 Å². The smallest absolute Gasteiger partial charge is 0.0774 e. The van der Waals surface area contributed by atoms with Crippen molar-refractivity contribution in [1.82, 2.24) is 19.5 Å². The molecule has 5 heteroatoms. The Balaban J connectivity index is 0.000000326. The fourth-order valence-electron chi connectivity index (χ4n) is 7.61. The summed E-state index contributed by atoms with van der Waals surface area (Å²) in [5, 5.41) is 3.51. The third-order valence-electron chi connectivity index (χ3n) is 10.4. The van der Waals surface area contributed by atoms with E-state index in [0.29, 0.717) is 11.8 Å². The van der Waals surface area contributed by atoms with E-state index in [1.165, 1.54) is 38.7 Å². The van der Waals surface area contributed by atoms with E-state index in [1.54, 1.807) is 6.20 Å². The molecule has 3 heterocycles. The molecule has 9 rings (SSSR count). The predicted molar refractivity (Wildman–Crippen MR) is 234 cm³/mol. The van der Waals surface area contributed by atoms with Gasteiger partial charge in [-0.05, 0) is 87.5 Å². The van der Waals surface area contributed by atoms with Gasteiger partial charge in [-0.15, -0.1) is 59.7 Å². The van der Waals surface area contributed by atoms with Crippen molar-refractivity contribution in [1.29, 1.82) is 0 Å². The first-order valence-corrected chi connectivity index (χ1v) is 19.6. The first-order chi connectivity index (χ1) is 27.3. The van der Waals surface area contributed by atoms with Crippen LogP contribution in [0.4, 0.5) is 0 Å². The van der Waals surface area contributed by atoms with Gasteiger partial charge in [0.15, 0.2) is 0 Å². The summed E-state index contributed by atoms with van der Waals surface area (Å²) in [6.45, 7) is 13.6. The van der Waals surface area contributed by atoms with E-state index in [1.807, 2.05) is 42.5 Å². The molecule has 0 aliphatic carbocycles. The third kappa shape index (κ3) is 7.96. The molecule has 0 atom stereocenters. The Morgan fingerprint density at radius 2 is 1.19 bits per heavy atom. The van der Waals surface area contributed by atoms with Gasteiger partial charge in [0.2, 0.25) is 0 Å². The summed E-state index contributed by atoms with van der Waals surface area (Å²) >= 11 is 0. The second-order valence-electron chi connectivity index (χ2n) is 15.3. The number of benzene rings is 6. The SMILES string of the molecule is CC(C)c1cc(-c2ccccc2)cc(C(C)C)c1-n1c(-c2[c-]cc3c(c2)c(C(C)C)nc2ccccc23)nc2ccccc21.[Ir].[c-]1ccccc1-c1ccccn1. The molecule has 0 aliphatic rings. The molecule has 1 radical (unpaired) electrons. The normalized spacial score (nSPS) is 11.3. The Bertz CT molecular complexity index is 2700. The fourth-order valence-corrected chi connectivity index (χ4v) is 7.61. The summed E-state index contributed by atoms with van der Waals surface area (Å²) in [6, 6.07) is 57.3. The Hall–Kier alpha value is -5.74. The molecule has 9 aromatic rings. The van der Waals surface area contributed by atoms with Gasteiger partial charge in [-0.2, -0.15) is 0 Å². The summed E-state index contributed by atoms with van der Waals surface area (Å²) in [5.74, 6) is 1.81. The van der Waals surface area contributed by atoms with Gasteiger partial charge in [0.05, 0.1) is 22.4 Å². The van der Waals surface area contributed by atoms with Crippen LogP contribution in [-0.4, -0.2) is 19.5 Å². The summed E-state index contributed by atoms with van der Waals surface area (Å²) in [6.07, 6.45) is 1.79. The van der Waals surface area contributed by atoms with Crippen molar-refractivity contribution >= 4 is 32.7 Å². The number of hydrogen-bond donors (Lipinski definition) is 0. The molecule has 3 aromatic heterocycles. The maximum atomic E-state index is 5.30. The molecule has 0 spiro atoms. The van der Waals surface area contributed by atoms with Crippen molar-refractivity contribution in [3.63, 3.8) is 0 Å². The quantitative estimate of drug-likeness (QED) is 0.118. The van der Waals surface area contributed by atoms with Gasteiger partial charge >= 0.3 is 0 Å². The van der Waals surface area contributed by atoms with Gasteiger partial charge in [-0.1, -0.05) is 125 Å². The standard InChI is InChI=1S/C41H38N3.C11H8N.Ir/c1-25(2)33-23-30(28-14-8-7-9-15-28)24-34(26(3)4)40(33)44-38-19-13-12-18-37(38)43-41(44)29-20-21-31-32-16-10-11-17-36(32)42-39(27(5)6)35(31)22-29;1-2-6-10(7-3-1)11-8-4-5-9-12-11;/h7-19,21-27H,1-6H3;1-6,8-9H;/q2*-1;. The van der Waals surface area contributed by atoms with Crippen LogP contribution >= 0.6 is 0 Å². The van der Waals surface area contributed by atoms with E-state index in [2.05, 4.69) is 166 Å². The molecular weight excluding hydrogens is 873 g/mol. The number of fused-ring (bicyclic) bond motifs is 4. The summed E-state index contributed by atoms with van der Waals surface area (Å²) in [4.78, 5) is 14.6. The monoisotopic (exact) mass is 919 g/mol. The van der Waals surface area contributed by atoms with Gasteiger partial charge in [0, 0.05) is 37.7 Å². The molecule has 6 aromatic carbocycles. The minimum absolute atomic E-state index is 0. The molecule has 0 saturated carbocycles. The van der Waals surface area contributed by atoms with Crippen molar-refractivity contribution in [2.24, 2.45) is 0 Å². The predicted octanol–water partition coefficient (Wildman–Crippen LogP) is 13.8. The first kappa shape index (κ1) is 39.5. The average Bonchev–Trinajstić information content (AvgIpc) is 3.63. The number of para-hydroxylation sites is 3. The molecule has 285 valence electrons. The van der Waals surface area contributed by atoms with E-state index in [9.17, 15) is 0 Å². The molecule has 0 bridgehead atoms. The summed E-state index contributed by atoms with van der Waals surface area (Å²) in [7, 11) is 0. The van der Waals surface area contributed by atoms with E-state index in [0.717, 1.165) is 50.3 Å². The number of hydrogen-bond acceptors (Lipinski definition) is 3. The number of pyridine rings is 2. The summed E-state index contributed by atoms with van der Waals surface area (Å²) < 4.78 is 2.40. The van der Waals surface area contributed by atoms with Crippen LogP contribution in [0.2, 0.25) is 0 Å². The minimum atomic E-state index is 0. The van der Waals surface area contributed by atoms with E-state index in [4.69, 9.17) is 9.97 Å². The van der Waals surface area contributed by atoms with Crippen molar-refractivity contribution in [3.05, 3.63) is 181 Å². The zero-order valence-corrected chi connectivity index (χ0v) is 35.7. The van der Waals surface area contributed by atoms with Gasteiger partial charge < -0.3 is 9.55 Å². The second kappa shape index (κ2) is 17.2. The molecule has 0 aliphatic heterocycles. The third-order valence-corrected chi connectivity index (χ3v) is 10.4. The number of rotatable bonds is 7. The van der Waals surface area contributed by atoms with Gasteiger partial charge in [-0.25, -0.2) is 0 Å². The Morgan fingerprint density at radius 1 is 0.526 bits per heavy atom. The molecule has 0 N–H and O–H groups in total. The largest absolute Gasteiger partial charge is 0.333 e. The number of aromatic nitrogens is 4. The topological polar surface area (TPSA) is 43.6 Å². The van der Waals surface area contributed by atoms with E-state index in [-0.39, 0.29) is 26.0 Å². The second-order valence-corrected chi connectivity index (χ2v) is 15.3. The van der Waals surface area contributed by atoms with Crippen LogP contribution < -0.4 is 0 Å². The first-order valence-electron chi connectivity index (χ1n) is 19.6. The molecule has 0 fully saturated rings. The van der Waals surface area contributed by atoms with Crippen LogP contribution in [0.25, 0.3) is 72.2 Å². The van der Waals surface area contributed by atoms with Crippen molar-refractivity contribution in [2.75, 3.05) is 0 Å². The fraction of sp³-hybridized carbons (Fsp3) is 0.173. The Kier molecular flexibility index (Phi) is 11.9. The van der Waals surface area contributed by atoms with Gasteiger partial charge in [-0.3, -0.25) is 9.97 Å². The summed E-state index contributed by atoms with van der Waals surface area (Å²) in [5.41, 5.74) is 13.6.